The third-order valence-electron chi connectivity index (χ3n) is 6.91. The number of rotatable bonds is 7. The topological polar surface area (TPSA) is 132 Å². The Morgan fingerprint density at radius 1 is 1.32 bits per heavy atom. The van der Waals surface area contributed by atoms with Crippen molar-refractivity contribution in [1.82, 2.24) is 20.4 Å². The van der Waals surface area contributed by atoms with Crippen molar-refractivity contribution in [1.29, 1.82) is 0 Å². The molecule has 1 aliphatic heterocycles. The highest BCUT2D eigenvalue weighted by molar-refractivity contribution is 7.12. The number of ketones is 1. The lowest BCUT2D eigenvalue weighted by molar-refractivity contribution is -0.531. The van der Waals surface area contributed by atoms with E-state index in [1.807, 2.05) is 6.92 Å². The second kappa shape index (κ2) is 11.1. The molecule has 0 spiro atoms. The van der Waals surface area contributed by atoms with Crippen LogP contribution in [0.25, 0.3) is 5.57 Å². The summed E-state index contributed by atoms with van der Waals surface area (Å²) in [6.45, 7) is 2.12. The van der Waals surface area contributed by atoms with Crippen LogP contribution in [0.4, 0.5) is 8.78 Å². The molecule has 12 heteroatoms. The van der Waals surface area contributed by atoms with Gasteiger partial charge < -0.3 is 15.1 Å². The molecule has 4 rings (SSSR count). The minimum absolute atomic E-state index is 0.0595. The number of nitrogens with one attached hydrogen (secondary N) is 1. The van der Waals surface area contributed by atoms with E-state index < -0.39 is 40.9 Å². The van der Waals surface area contributed by atoms with Crippen molar-refractivity contribution in [3.05, 3.63) is 63.1 Å². The first-order valence-corrected chi connectivity index (χ1v) is 13.0. The average Bonchev–Trinajstić information content (AvgIpc) is 3.24. The second-order valence-electron chi connectivity index (χ2n) is 9.19. The van der Waals surface area contributed by atoms with E-state index in [4.69, 9.17) is 0 Å². The molecule has 2 aromatic rings. The molecule has 1 amide bonds. The number of carbonyl (C=O) groups is 2. The SMILES string of the molecule is CCN(C(=O)C1=C(O)C(=O)C(c2nnc(Cc3ccc(F)cc3F)s2)=C[NH2+]1)C1(NC)CCCCC(O)C1. The number of carbonyl (C=O) groups excluding carboxylic acids is 2. The average molecular weight is 535 g/mol. The number of halogens is 2. The number of nitrogens with two attached hydrogens (primary N) is 1. The highest BCUT2D eigenvalue weighted by atomic mass is 32.1. The Hall–Kier alpha value is -3.06. The molecule has 1 saturated carbocycles. The van der Waals surface area contributed by atoms with Gasteiger partial charge in [-0.3, -0.25) is 20.2 Å². The third-order valence-corrected chi connectivity index (χ3v) is 7.87. The lowest BCUT2D eigenvalue weighted by Crippen LogP contribution is -2.81. The quantitative estimate of drug-likeness (QED) is 0.314. The summed E-state index contributed by atoms with van der Waals surface area (Å²) >= 11 is 1.04. The molecule has 2 atom stereocenters. The van der Waals surface area contributed by atoms with Crippen LogP contribution in [0.2, 0.25) is 0 Å². The molecule has 5 N–H and O–H groups in total. The van der Waals surface area contributed by atoms with Crippen LogP contribution in [0.5, 0.6) is 0 Å². The van der Waals surface area contributed by atoms with E-state index in [1.54, 1.807) is 11.9 Å². The fourth-order valence-electron chi connectivity index (χ4n) is 4.96. The highest BCUT2D eigenvalue weighted by Gasteiger charge is 2.44. The molecule has 1 aromatic carbocycles. The predicted octanol–water partition coefficient (Wildman–Crippen LogP) is 1.75. The van der Waals surface area contributed by atoms with Gasteiger partial charge in [-0.25, -0.2) is 8.78 Å². The molecule has 1 aliphatic carbocycles. The van der Waals surface area contributed by atoms with Gasteiger partial charge in [0, 0.05) is 25.5 Å². The van der Waals surface area contributed by atoms with E-state index in [9.17, 15) is 28.6 Å². The van der Waals surface area contributed by atoms with Gasteiger partial charge in [0.05, 0.1) is 11.8 Å². The van der Waals surface area contributed by atoms with Crippen molar-refractivity contribution in [2.45, 2.75) is 57.2 Å². The Labute approximate surface area is 216 Å². The zero-order chi connectivity index (χ0) is 26.7. The normalized spacial score (nSPS) is 22.6. The van der Waals surface area contributed by atoms with E-state index in [-0.39, 0.29) is 28.3 Å². The van der Waals surface area contributed by atoms with Gasteiger partial charge in [0.25, 0.3) is 0 Å². The molecule has 1 aromatic heterocycles. The van der Waals surface area contributed by atoms with Gasteiger partial charge in [-0.2, -0.15) is 0 Å². The molecule has 0 saturated heterocycles. The third kappa shape index (κ3) is 5.47. The van der Waals surface area contributed by atoms with Crippen LogP contribution in [0.3, 0.4) is 0 Å². The zero-order valence-corrected chi connectivity index (χ0v) is 21.4. The van der Waals surface area contributed by atoms with E-state index in [1.165, 1.54) is 17.6 Å². The number of benzene rings is 1. The Morgan fingerprint density at radius 3 is 2.81 bits per heavy atom. The Balaban J connectivity index is 1.54. The van der Waals surface area contributed by atoms with Gasteiger partial charge in [-0.05, 0) is 44.9 Å². The number of quaternary nitrogens is 1. The molecule has 9 nitrogen and oxygen atoms in total. The number of amides is 1. The largest absolute Gasteiger partial charge is 0.500 e. The summed E-state index contributed by atoms with van der Waals surface area (Å²) in [6, 6.07) is 3.26. The van der Waals surface area contributed by atoms with Crippen LogP contribution in [-0.2, 0) is 16.0 Å². The first kappa shape index (κ1) is 27.0. The summed E-state index contributed by atoms with van der Waals surface area (Å²) in [4.78, 5) is 28.2. The fourth-order valence-corrected chi connectivity index (χ4v) is 5.84. The summed E-state index contributed by atoms with van der Waals surface area (Å²) < 4.78 is 27.2. The van der Waals surface area contributed by atoms with Crippen molar-refractivity contribution in [2.24, 2.45) is 0 Å². The number of Topliss-reactive ketones (excluding diaryl/α,β-unsaturated/α-hetero) is 1. The Bertz CT molecular complexity index is 1260. The van der Waals surface area contributed by atoms with Gasteiger partial charge in [0.1, 0.15) is 28.4 Å². The van der Waals surface area contributed by atoms with E-state index in [0.717, 1.165) is 36.3 Å². The van der Waals surface area contributed by atoms with Crippen molar-refractivity contribution in [3.63, 3.8) is 0 Å². The Morgan fingerprint density at radius 2 is 2.11 bits per heavy atom. The number of allylic oxidation sites excluding steroid dienone is 1. The molecule has 0 bridgehead atoms. The van der Waals surface area contributed by atoms with Gasteiger partial charge >= 0.3 is 5.91 Å². The molecule has 0 radical (unpaired) electrons. The minimum Gasteiger partial charge on any atom is -0.500 e. The number of nitrogens with zero attached hydrogens (tertiary/aromatic N) is 3. The molecular formula is C25H30F2N5O4S+. The molecule has 2 aliphatic rings. The second-order valence-corrected chi connectivity index (χ2v) is 10.2. The predicted molar refractivity (Wildman–Crippen MR) is 132 cm³/mol. The van der Waals surface area contributed by atoms with Crippen LogP contribution >= 0.6 is 11.3 Å². The maximum absolute atomic E-state index is 14.0. The van der Waals surface area contributed by atoms with Gasteiger partial charge in [0.2, 0.25) is 17.2 Å². The van der Waals surface area contributed by atoms with E-state index in [2.05, 4.69) is 15.5 Å². The maximum atomic E-state index is 14.0. The highest BCUT2D eigenvalue weighted by Crippen LogP contribution is 2.32. The molecule has 2 unspecified atom stereocenters. The summed E-state index contributed by atoms with van der Waals surface area (Å²) in [5.74, 6) is -3.36. The van der Waals surface area contributed by atoms with Crippen LogP contribution < -0.4 is 10.6 Å². The summed E-state index contributed by atoms with van der Waals surface area (Å²) in [6.07, 6.45) is 4.19. The number of aromatic nitrogens is 2. The van der Waals surface area contributed by atoms with E-state index in [0.29, 0.717) is 30.8 Å². The van der Waals surface area contributed by atoms with Crippen molar-refractivity contribution in [2.75, 3.05) is 13.6 Å². The first-order chi connectivity index (χ1) is 17.7. The lowest BCUT2D eigenvalue weighted by atomic mass is 9.95. The molecular weight excluding hydrogens is 504 g/mol. The molecule has 2 heterocycles. The summed E-state index contributed by atoms with van der Waals surface area (Å²) in [5, 5.41) is 34.4. The monoisotopic (exact) mass is 534 g/mol. The van der Waals surface area contributed by atoms with Crippen LogP contribution in [0.1, 0.15) is 54.6 Å². The number of hydrogen-bond donors (Lipinski definition) is 4. The van der Waals surface area contributed by atoms with Crippen LogP contribution in [0.15, 0.2) is 35.9 Å². The van der Waals surface area contributed by atoms with Gasteiger partial charge in [0.15, 0.2) is 5.01 Å². The molecule has 37 heavy (non-hydrogen) atoms. The van der Waals surface area contributed by atoms with Crippen molar-refractivity contribution in [3.8, 4) is 0 Å². The number of aliphatic hydroxyl groups is 2. The minimum atomic E-state index is -0.806. The maximum Gasteiger partial charge on any atom is 0.313 e. The van der Waals surface area contributed by atoms with Gasteiger partial charge in [-0.15, -0.1) is 10.2 Å². The summed E-state index contributed by atoms with van der Waals surface area (Å²) in [7, 11) is 1.74. The number of aliphatic hydroxyl groups excluding tert-OH is 2. The van der Waals surface area contributed by atoms with Crippen LogP contribution in [0, 0.1) is 11.6 Å². The molecule has 198 valence electrons. The van der Waals surface area contributed by atoms with Crippen molar-refractivity contribution < 1.29 is 33.9 Å². The molecule has 1 fully saturated rings. The zero-order valence-electron chi connectivity index (χ0n) is 20.6. The van der Waals surface area contributed by atoms with Crippen molar-refractivity contribution >= 4 is 28.6 Å². The smallest absolute Gasteiger partial charge is 0.313 e. The van der Waals surface area contributed by atoms with Gasteiger partial charge in [-0.1, -0.05) is 23.8 Å². The number of likely N-dealkylation sites (N-methyl/N-ethyl adjacent to an activating group) is 1. The van der Waals surface area contributed by atoms with Crippen LogP contribution in [-0.4, -0.2) is 62.4 Å². The Kier molecular flexibility index (Phi) is 8.12. The summed E-state index contributed by atoms with van der Waals surface area (Å²) in [5.41, 5.74) is -0.646. The first-order valence-electron chi connectivity index (χ1n) is 12.2. The fraction of sp³-hybridized carbons (Fsp3) is 0.440. The lowest BCUT2D eigenvalue weighted by Gasteiger charge is -2.43. The standard InChI is InChI=1S/C25H29F2N5O4S/c1-3-32(25(28-2)9-5-4-6-16(33)12-25)24(36)20-22(35)21(34)17(13-29-20)23-31-30-19(37-23)10-14-7-8-15(26)11-18(14)27/h7-8,11,13,16,28,33,35H,3-6,9-10,12H2,1-2H3,(H,29,34)/p+1. The number of hydrogen-bond acceptors (Lipinski definition) is 8. The van der Waals surface area contributed by atoms with E-state index >= 15 is 0 Å².